The predicted octanol–water partition coefficient (Wildman–Crippen LogP) is 5.05. The summed E-state index contributed by atoms with van der Waals surface area (Å²) >= 11 is 11.9. The number of nitrogens with one attached hydrogen (secondary N) is 1. The van der Waals surface area contributed by atoms with E-state index in [1.165, 1.54) is 0 Å². The first-order chi connectivity index (χ1) is 12.9. The molecule has 0 heterocycles. The maximum atomic E-state index is 12.2. The fraction of sp³-hybridized carbons (Fsp3) is 0.350. The second-order valence-corrected chi connectivity index (χ2v) is 6.57. The summed E-state index contributed by atoms with van der Waals surface area (Å²) < 4.78 is 16.6. The number of amides is 1. The van der Waals surface area contributed by atoms with E-state index >= 15 is 0 Å². The molecule has 1 N–H and O–H groups in total. The highest BCUT2D eigenvalue weighted by atomic mass is 35.5. The van der Waals surface area contributed by atoms with Gasteiger partial charge in [-0.15, -0.1) is 0 Å². The standard InChI is InChI=1S/C20H23Cl2NO4/c1-4-25-18-8-6-14(10-19(18)26-5-2)13(3)23-20(24)12-27-17-9-7-15(21)11-16(17)22/h6-11,13H,4-5,12H2,1-3H3,(H,23,24)/t13-/m0/s1. The van der Waals surface area contributed by atoms with E-state index in [2.05, 4.69) is 5.32 Å². The molecule has 0 radical (unpaired) electrons. The molecule has 0 aliphatic rings. The second-order valence-electron chi connectivity index (χ2n) is 5.72. The third-order valence-corrected chi connectivity index (χ3v) is 4.23. The van der Waals surface area contributed by atoms with Gasteiger partial charge in [0.05, 0.1) is 24.3 Å². The van der Waals surface area contributed by atoms with Crippen molar-refractivity contribution in [1.82, 2.24) is 5.32 Å². The fourth-order valence-corrected chi connectivity index (χ4v) is 2.90. The molecule has 0 aliphatic heterocycles. The first kappa shape index (κ1) is 21.2. The van der Waals surface area contributed by atoms with Crippen LogP contribution in [-0.4, -0.2) is 25.7 Å². The summed E-state index contributed by atoms with van der Waals surface area (Å²) in [6, 6.07) is 10.2. The number of benzene rings is 2. The molecule has 0 aromatic heterocycles. The zero-order valence-electron chi connectivity index (χ0n) is 15.6. The van der Waals surface area contributed by atoms with Gasteiger partial charge < -0.3 is 19.5 Å². The van der Waals surface area contributed by atoms with Crippen molar-refractivity contribution in [2.24, 2.45) is 0 Å². The molecular weight excluding hydrogens is 389 g/mol. The maximum Gasteiger partial charge on any atom is 0.258 e. The molecule has 2 aromatic rings. The number of carbonyl (C=O) groups excluding carboxylic acids is 1. The molecule has 5 nitrogen and oxygen atoms in total. The van der Waals surface area contributed by atoms with Crippen LogP contribution < -0.4 is 19.5 Å². The quantitative estimate of drug-likeness (QED) is 0.627. The number of hydrogen-bond acceptors (Lipinski definition) is 4. The average molecular weight is 412 g/mol. The molecule has 0 unspecified atom stereocenters. The number of carbonyl (C=O) groups is 1. The summed E-state index contributed by atoms with van der Waals surface area (Å²) in [5, 5.41) is 3.75. The minimum absolute atomic E-state index is 0.152. The third-order valence-electron chi connectivity index (χ3n) is 3.70. The van der Waals surface area contributed by atoms with Gasteiger partial charge in [0.15, 0.2) is 18.1 Å². The molecule has 1 atom stereocenters. The SMILES string of the molecule is CCOc1ccc([C@H](C)NC(=O)COc2ccc(Cl)cc2Cl)cc1OCC. The molecule has 0 saturated carbocycles. The van der Waals surface area contributed by atoms with Crippen LogP contribution >= 0.6 is 23.2 Å². The summed E-state index contributed by atoms with van der Waals surface area (Å²) in [5.41, 5.74) is 0.903. The van der Waals surface area contributed by atoms with Crippen molar-refractivity contribution < 1.29 is 19.0 Å². The molecule has 0 spiro atoms. The van der Waals surface area contributed by atoms with Gasteiger partial charge in [-0.1, -0.05) is 29.3 Å². The van der Waals surface area contributed by atoms with Crippen LogP contribution in [0.1, 0.15) is 32.4 Å². The van der Waals surface area contributed by atoms with Gasteiger partial charge in [-0.2, -0.15) is 0 Å². The minimum atomic E-state index is -0.264. The molecule has 7 heteroatoms. The topological polar surface area (TPSA) is 56.8 Å². The van der Waals surface area contributed by atoms with Crippen LogP contribution in [0.5, 0.6) is 17.2 Å². The Labute approximate surface area is 169 Å². The summed E-state index contributed by atoms with van der Waals surface area (Å²) in [6.07, 6.45) is 0. The lowest BCUT2D eigenvalue weighted by Gasteiger charge is -2.18. The largest absolute Gasteiger partial charge is 0.490 e. The average Bonchev–Trinajstić information content (AvgIpc) is 2.62. The van der Waals surface area contributed by atoms with Crippen molar-refractivity contribution in [1.29, 1.82) is 0 Å². The number of halogens is 2. The summed E-state index contributed by atoms with van der Waals surface area (Å²) in [6.45, 7) is 6.64. The van der Waals surface area contributed by atoms with Crippen LogP contribution in [0, 0.1) is 0 Å². The monoisotopic (exact) mass is 411 g/mol. The van der Waals surface area contributed by atoms with E-state index in [1.54, 1.807) is 18.2 Å². The van der Waals surface area contributed by atoms with Crippen molar-refractivity contribution in [2.75, 3.05) is 19.8 Å². The van der Waals surface area contributed by atoms with Gasteiger partial charge in [-0.3, -0.25) is 4.79 Å². The molecule has 2 aromatic carbocycles. The Morgan fingerprint density at radius 3 is 2.30 bits per heavy atom. The number of hydrogen-bond donors (Lipinski definition) is 1. The Hall–Kier alpha value is -2.11. The molecule has 0 saturated heterocycles. The van der Waals surface area contributed by atoms with Crippen LogP contribution in [0.15, 0.2) is 36.4 Å². The highest BCUT2D eigenvalue weighted by molar-refractivity contribution is 6.35. The zero-order chi connectivity index (χ0) is 19.8. The van der Waals surface area contributed by atoms with Crippen molar-refractivity contribution in [3.05, 3.63) is 52.0 Å². The summed E-state index contributed by atoms with van der Waals surface area (Å²) in [5.74, 6) is 1.48. The van der Waals surface area contributed by atoms with Crippen molar-refractivity contribution in [3.8, 4) is 17.2 Å². The second kappa shape index (κ2) is 10.3. The normalized spacial score (nSPS) is 11.6. The molecule has 2 rings (SSSR count). The highest BCUT2D eigenvalue weighted by Crippen LogP contribution is 2.31. The third kappa shape index (κ3) is 6.22. The van der Waals surface area contributed by atoms with Gasteiger partial charge in [0.2, 0.25) is 0 Å². The molecule has 0 aliphatic carbocycles. The number of rotatable bonds is 9. The van der Waals surface area contributed by atoms with Gasteiger partial charge in [0.1, 0.15) is 5.75 Å². The van der Waals surface area contributed by atoms with Gasteiger partial charge in [-0.05, 0) is 56.7 Å². The van der Waals surface area contributed by atoms with Crippen molar-refractivity contribution in [3.63, 3.8) is 0 Å². The van der Waals surface area contributed by atoms with E-state index in [4.69, 9.17) is 37.4 Å². The molecular formula is C20H23Cl2NO4. The Kier molecular flexibility index (Phi) is 8.07. The van der Waals surface area contributed by atoms with Crippen LogP contribution in [-0.2, 0) is 4.79 Å². The smallest absolute Gasteiger partial charge is 0.258 e. The van der Waals surface area contributed by atoms with E-state index in [9.17, 15) is 4.79 Å². The summed E-state index contributed by atoms with van der Waals surface area (Å²) in [7, 11) is 0. The van der Waals surface area contributed by atoms with Crippen LogP contribution in [0.3, 0.4) is 0 Å². The molecule has 0 bridgehead atoms. The summed E-state index contributed by atoms with van der Waals surface area (Å²) in [4.78, 5) is 12.2. The first-order valence-electron chi connectivity index (χ1n) is 8.71. The lowest BCUT2D eigenvalue weighted by atomic mass is 10.1. The molecule has 146 valence electrons. The number of ether oxygens (including phenoxy) is 3. The zero-order valence-corrected chi connectivity index (χ0v) is 17.1. The van der Waals surface area contributed by atoms with E-state index < -0.39 is 0 Å². The molecule has 27 heavy (non-hydrogen) atoms. The minimum Gasteiger partial charge on any atom is -0.490 e. The molecule has 0 fully saturated rings. The van der Waals surface area contributed by atoms with Gasteiger partial charge in [0, 0.05) is 5.02 Å². The van der Waals surface area contributed by atoms with E-state index in [1.807, 2.05) is 39.0 Å². The van der Waals surface area contributed by atoms with E-state index in [0.717, 1.165) is 5.56 Å². The van der Waals surface area contributed by atoms with Gasteiger partial charge in [0.25, 0.3) is 5.91 Å². The Balaban J connectivity index is 1.98. The maximum absolute atomic E-state index is 12.2. The predicted molar refractivity (Wildman–Crippen MR) is 107 cm³/mol. The van der Waals surface area contributed by atoms with Crippen molar-refractivity contribution in [2.45, 2.75) is 26.8 Å². The van der Waals surface area contributed by atoms with Crippen LogP contribution in [0.25, 0.3) is 0 Å². The first-order valence-corrected chi connectivity index (χ1v) is 9.46. The lowest BCUT2D eigenvalue weighted by Crippen LogP contribution is -2.31. The van der Waals surface area contributed by atoms with Crippen LogP contribution in [0.2, 0.25) is 10.0 Å². The van der Waals surface area contributed by atoms with E-state index in [0.29, 0.717) is 40.5 Å². The van der Waals surface area contributed by atoms with Gasteiger partial charge in [-0.25, -0.2) is 0 Å². The molecule has 1 amide bonds. The van der Waals surface area contributed by atoms with Gasteiger partial charge >= 0.3 is 0 Å². The van der Waals surface area contributed by atoms with Crippen molar-refractivity contribution >= 4 is 29.1 Å². The Morgan fingerprint density at radius 2 is 1.63 bits per heavy atom. The fourth-order valence-electron chi connectivity index (χ4n) is 2.44. The Morgan fingerprint density at radius 1 is 0.963 bits per heavy atom. The Bertz CT molecular complexity index is 783. The van der Waals surface area contributed by atoms with Crippen LogP contribution in [0.4, 0.5) is 0 Å². The highest BCUT2D eigenvalue weighted by Gasteiger charge is 2.14. The lowest BCUT2D eigenvalue weighted by molar-refractivity contribution is -0.123. The van der Waals surface area contributed by atoms with E-state index in [-0.39, 0.29) is 18.6 Å².